The molecule has 0 rings (SSSR count). The maximum absolute atomic E-state index is 10.1. The van der Waals surface area contributed by atoms with Gasteiger partial charge in [-0.2, -0.15) is 0 Å². The van der Waals surface area contributed by atoms with Crippen LogP contribution in [0.3, 0.4) is 0 Å². The molecule has 0 radical (unpaired) electrons. The number of rotatable bonds is 11. The third kappa shape index (κ3) is 23.7. The molecule has 2 unspecified atom stereocenters. The number of hydrogen-bond donors (Lipinski definition) is 2. The third-order valence-corrected chi connectivity index (χ3v) is 3.82. The minimum Gasteiger partial charge on any atom is -0.396 e. The van der Waals surface area contributed by atoms with E-state index in [-0.39, 0.29) is 0 Å². The lowest BCUT2D eigenvalue weighted by molar-refractivity contribution is -0.108. The summed E-state index contributed by atoms with van der Waals surface area (Å²) < 4.78 is 0. The maximum atomic E-state index is 10.1. The highest BCUT2D eigenvalue weighted by Gasteiger charge is 2.12. The summed E-state index contributed by atoms with van der Waals surface area (Å²) in [4.78, 5) is 10.1. The molecule has 0 spiro atoms. The number of carbonyl (C=O) groups is 1. The lowest BCUT2D eigenvalue weighted by Crippen LogP contribution is -2.18. The second kappa shape index (κ2) is 14.9. The van der Waals surface area contributed by atoms with E-state index in [1.54, 1.807) is 0 Å². The maximum Gasteiger partial charge on any atom is 0.120 e. The van der Waals surface area contributed by atoms with Crippen LogP contribution in [0.15, 0.2) is 11.6 Å². The molecule has 0 aliphatic heterocycles. The highest BCUT2D eigenvalue weighted by molar-refractivity contribution is 5.49. The van der Waals surface area contributed by atoms with E-state index in [2.05, 4.69) is 33.8 Å². The van der Waals surface area contributed by atoms with Crippen molar-refractivity contribution >= 4 is 6.29 Å². The molecule has 138 valence electrons. The van der Waals surface area contributed by atoms with Gasteiger partial charge >= 0.3 is 0 Å². The summed E-state index contributed by atoms with van der Waals surface area (Å²) in [6.07, 6.45) is 10.0. The van der Waals surface area contributed by atoms with Gasteiger partial charge in [-0.15, -0.1) is 0 Å². The van der Waals surface area contributed by atoms with Crippen molar-refractivity contribution in [2.45, 2.75) is 92.1 Å². The Morgan fingerprint density at radius 2 is 1.70 bits per heavy atom. The van der Waals surface area contributed by atoms with Crippen LogP contribution < -0.4 is 0 Å². The smallest absolute Gasteiger partial charge is 0.120 e. The summed E-state index contributed by atoms with van der Waals surface area (Å²) in [5.74, 6) is 1.13. The molecule has 0 aliphatic carbocycles. The van der Waals surface area contributed by atoms with Crippen molar-refractivity contribution in [2.75, 3.05) is 6.61 Å². The standard InChI is InChI=1S/C10H20O2.C10H20O/c1-9(6-8-11)5-4-7-10(2,3)12;1-9(2)5-4-6-10(3)7-8-11/h8-9,12H,4-7H2,1-3H3;5,10-11H,4,6-8H2,1-3H3. The highest BCUT2D eigenvalue weighted by Crippen LogP contribution is 2.16. The Morgan fingerprint density at radius 1 is 1.09 bits per heavy atom. The van der Waals surface area contributed by atoms with Gasteiger partial charge in [0.25, 0.3) is 0 Å². The minimum absolute atomic E-state index is 0.329. The molecule has 0 fully saturated rings. The molecule has 0 aromatic rings. The van der Waals surface area contributed by atoms with Crippen molar-refractivity contribution in [3.8, 4) is 0 Å². The molecule has 0 heterocycles. The summed E-state index contributed by atoms with van der Waals surface area (Å²) in [5.41, 5.74) is 0.835. The second-order valence-corrected chi connectivity index (χ2v) is 7.69. The SMILES string of the molecule is CC(C)=CCCC(C)CCO.CC(CC=O)CCCC(C)(C)O. The monoisotopic (exact) mass is 328 g/mol. The number of aliphatic hydroxyl groups is 2. The van der Waals surface area contributed by atoms with Gasteiger partial charge < -0.3 is 15.0 Å². The first-order valence-corrected chi connectivity index (χ1v) is 9.02. The van der Waals surface area contributed by atoms with Crippen LogP contribution in [-0.2, 0) is 4.79 Å². The zero-order valence-electron chi connectivity index (χ0n) is 16.3. The molecule has 3 nitrogen and oxygen atoms in total. The quantitative estimate of drug-likeness (QED) is 0.419. The van der Waals surface area contributed by atoms with Gasteiger partial charge in [0, 0.05) is 13.0 Å². The zero-order valence-corrected chi connectivity index (χ0v) is 16.3. The minimum atomic E-state index is -0.555. The first kappa shape index (κ1) is 24.6. The lowest BCUT2D eigenvalue weighted by atomic mass is 9.96. The molecule has 0 aliphatic rings. The van der Waals surface area contributed by atoms with Gasteiger partial charge in [-0.3, -0.25) is 0 Å². The van der Waals surface area contributed by atoms with E-state index in [0.717, 1.165) is 38.4 Å². The van der Waals surface area contributed by atoms with Gasteiger partial charge in [0.1, 0.15) is 6.29 Å². The molecule has 0 bridgehead atoms. The fourth-order valence-corrected chi connectivity index (χ4v) is 2.19. The molecule has 3 heteroatoms. The molecule has 0 saturated heterocycles. The molecular formula is C20H40O3. The third-order valence-electron chi connectivity index (χ3n) is 3.82. The fraction of sp³-hybridized carbons (Fsp3) is 0.850. The van der Waals surface area contributed by atoms with E-state index in [0.29, 0.717) is 24.9 Å². The van der Waals surface area contributed by atoms with Gasteiger partial charge in [-0.1, -0.05) is 38.3 Å². The number of carbonyl (C=O) groups excluding carboxylic acids is 1. The average molecular weight is 329 g/mol. The van der Waals surface area contributed by atoms with Crippen molar-refractivity contribution < 1.29 is 15.0 Å². The molecule has 23 heavy (non-hydrogen) atoms. The van der Waals surface area contributed by atoms with Crippen LogP contribution >= 0.6 is 0 Å². The Labute approximate surface area is 144 Å². The number of hydrogen-bond acceptors (Lipinski definition) is 3. The van der Waals surface area contributed by atoms with Crippen LogP contribution in [0.1, 0.15) is 86.5 Å². The Balaban J connectivity index is 0. The van der Waals surface area contributed by atoms with E-state index < -0.39 is 5.60 Å². The van der Waals surface area contributed by atoms with Crippen LogP contribution in [0.5, 0.6) is 0 Å². The van der Waals surface area contributed by atoms with Crippen molar-refractivity contribution in [1.82, 2.24) is 0 Å². The first-order valence-electron chi connectivity index (χ1n) is 9.02. The van der Waals surface area contributed by atoms with Gasteiger partial charge in [0.15, 0.2) is 0 Å². The number of allylic oxidation sites excluding steroid dienone is 2. The van der Waals surface area contributed by atoms with Crippen molar-refractivity contribution in [1.29, 1.82) is 0 Å². The molecule has 0 aromatic heterocycles. The van der Waals surface area contributed by atoms with E-state index in [1.165, 1.54) is 12.0 Å². The Hall–Kier alpha value is -0.670. The van der Waals surface area contributed by atoms with Gasteiger partial charge in [-0.25, -0.2) is 0 Å². The second-order valence-electron chi connectivity index (χ2n) is 7.69. The zero-order chi connectivity index (χ0) is 18.3. The lowest BCUT2D eigenvalue weighted by Gasteiger charge is -2.17. The largest absolute Gasteiger partial charge is 0.396 e. The molecule has 0 aromatic carbocycles. The number of aldehydes is 1. The predicted octanol–water partition coefficient (Wildman–Crippen LogP) is 4.90. The van der Waals surface area contributed by atoms with E-state index in [1.807, 2.05) is 13.8 Å². The van der Waals surface area contributed by atoms with Crippen LogP contribution in [0.25, 0.3) is 0 Å². The molecule has 0 amide bonds. The summed E-state index contributed by atoms with van der Waals surface area (Å²) in [7, 11) is 0. The molecule has 2 N–H and O–H groups in total. The fourth-order valence-electron chi connectivity index (χ4n) is 2.19. The van der Waals surface area contributed by atoms with Crippen LogP contribution in [-0.4, -0.2) is 28.7 Å². The summed E-state index contributed by atoms with van der Waals surface area (Å²) >= 11 is 0. The molecule has 0 saturated carbocycles. The summed E-state index contributed by atoms with van der Waals surface area (Å²) in [6, 6.07) is 0. The Kier molecular flexibility index (Phi) is 15.9. The van der Waals surface area contributed by atoms with E-state index in [4.69, 9.17) is 5.11 Å². The van der Waals surface area contributed by atoms with Crippen molar-refractivity contribution in [2.24, 2.45) is 11.8 Å². The van der Waals surface area contributed by atoms with Crippen LogP contribution in [0.4, 0.5) is 0 Å². The van der Waals surface area contributed by atoms with E-state index in [9.17, 15) is 9.90 Å². The van der Waals surface area contributed by atoms with Crippen LogP contribution in [0, 0.1) is 11.8 Å². The van der Waals surface area contributed by atoms with Crippen molar-refractivity contribution in [3.63, 3.8) is 0 Å². The Morgan fingerprint density at radius 3 is 2.13 bits per heavy atom. The predicted molar refractivity (Wildman–Crippen MR) is 99.5 cm³/mol. The normalized spacial score (nSPS) is 13.6. The van der Waals surface area contributed by atoms with Crippen LogP contribution in [0.2, 0.25) is 0 Å². The topological polar surface area (TPSA) is 57.5 Å². The van der Waals surface area contributed by atoms with Crippen molar-refractivity contribution in [3.05, 3.63) is 11.6 Å². The molecular weight excluding hydrogens is 288 g/mol. The van der Waals surface area contributed by atoms with E-state index >= 15 is 0 Å². The Bertz CT molecular complexity index is 298. The van der Waals surface area contributed by atoms with Gasteiger partial charge in [0.05, 0.1) is 5.60 Å². The van der Waals surface area contributed by atoms with Gasteiger partial charge in [0.2, 0.25) is 0 Å². The average Bonchev–Trinajstić information content (AvgIpc) is 2.38. The first-order chi connectivity index (χ1) is 10.6. The summed E-state index contributed by atoms with van der Waals surface area (Å²) in [5, 5.41) is 18.0. The summed E-state index contributed by atoms with van der Waals surface area (Å²) in [6.45, 7) is 12.5. The molecule has 2 atom stereocenters. The van der Waals surface area contributed by atoms with Gasteiger partial charge in [-0.05, 0) is 65.2 Å². The number of aliphatic hydroxyl groups excluding tert-OH is 1. The highest BCUT2D eigenvalue weighted by atomic mass is 16.3.